The Bertz CT molecular complexity index is 462. The van der Waals surface area contributed by atoms with E-state index in [0.29, 0.717) is 26.1 Å². The quantitative estimate of drug-likeness (QED) is 0.774. The summed E-state index contributed by atoms with van der Waals surface area (Å²) in [5, 5.41) is 0. The van der Waals surface area contributed by atoms with E-state index in [4.69, 9.17) is 15.2 Å². The molecule has 0 radical (unpaired) electrons. The molecule has 0 fully saturated rings. The fourth-order valence-electron chi connectivity index (χ4n) is 2.21. The predicted octanol–water partition coefficient (Wildman–Crippen LogP) is 1.89. The Kier molecular flexibility index (Phi) is 5.24. The molecular weight excluding hydrogens is 256 g/mol. The minimum atomic E-state index is 0.179. The molecule has 2 rings (SSSR count). The first-order valence-electron chi connectivity index (χ1n) is 7.11. The molecule has 0 aromatic heterocycles. The zero-order chi connectivity index (χ0) is 14.4. The lowest BCUT2D eigenvalue weighted by atomic mass is 10.1. The fraction of sp³-hybridized carbons (Fsp3) is 0.533. The van der Waals surface area contributed by atoms with Crippen molar-refractivity contribution in [1.29, 1.82) is 0 Å². The van der Waals surface area contributed by atoms with Crippen molar-refractivity contribution < 1.29 is 14.3 Å². The van der Waals surface area contributed by atoms with E-state index >= 15 is 0 Å². The Morgan fingerprint density at radius 2 is 2.10 bits per heavy atom. The summed E-state index contributed by atoms with van der Waals surface area (Å²) in [5.41, 5.74) is 6.51. The highest BCUT2D eigenvalue weighted by atomic mass is 16.7. The Balaban J connectivity index is 1.94. The molecule has 1 heterocycles. The number of unbranched alkanes of at least 4 members (excludes halogenated alkanes) is 1. The molecule has 0 spiro atoms. The second-order valence-electron chi connectivity index (χ2n) is 4.84. The summed E-state index contributed by atoms with van der Waals surface area (Å²) in [5.74, 6) is 1.71. The van der Waals surface area contributed by atoms with Crippen LogP contribution < -0.4 is 15.2 Å². The maximum Gasteiger partial charge on any atom is 0.231 e. The van der Waals surface area contributed by atoms with Gasteiger partial charge in [-0.1, -0.05) is 6.07 Å². The Morgan fingerprint density at radius 1 is 1.30 bits per heavy atom. The van der Waals surface area contributed by atoms with E-state index in [9.17, 15) is 4.79 Å². The van der Waals surface area contributed by atoms with Gasteiger partial charge in [0.1, 0.15) is 0 Å². The van der Waals surface area contributed by atoms with Gasteiger partial charge in [0.25, 0.3) is 0 Å². The number of hydrogen-bond donors (Lipinski definition) is 1. The molecule has 2 N–H and O–H groups in total. The standard InChI is InChI=1S/C15H22N2O3/c1-2-17(15(18)5-3-4-8-16)10-12-6-7-13-14(9-12)20-11-19-13/h6-7,9H,2-5,8,10-11,16H2,1H3. The smallest absolute Gasteiger partial charge is 0.231 e. The summed E-state index contributed by atoms with van der Waals surface area (Å²) in [6, 6.07) is 5.81. The monoisotopic (exact) mass is 278 g/mol. The first-order chi connectivity index (χ1) is 9.74. The number of amides is 1. The van der Waals surface area contributed by atoms with Crippen LogP contribution in [0.4, 0.5) is 0 Å². The van der Waals surface area contributed by atoms with Crippen molar-refractivity contribution in [2.45, 2.75) is 32.7 Å². The van der Waals surface area contributed by atoms with Crippen LogP contribution in [0, 0.1) is 0 Å². The van der Waals surface area contributed by atoms with E-state index in [1.54, 1.807) is 0 Å². The van der Waals surface area contributed by atoms with Crippen molar-refractivity contribution in [3.8, 4) is 11.5 Å². The third-order valence-electron chi connectivity index (χ3n) is 3.39. The predicted molar refractivity (Wildman–Crippen MR) is 76.6 cm³/mol. The minimum Gasteiger partial charge on any atom is -0.454 e. The second-order valence-corrected chi connectivity index (χ2v) is 4.84. The molecule has 110 valence electrons. The molecule has 1 aliphatic heterocycles. The molecule has 0 unspecified atom stereocenters. The van der Waals surface area contributed by atoms with Crippen LogP contribution in [-0.4, -0.2) is 30.7 Å². The normalized spacial score (nSPS) is 12.5. The van der Waals surface area contributed by atoms with Gasteiger partial charge in [-0.3, -0.25) is 4.79 Å². The molecule has 5 heteroatoms. The average molecular weight is 278 g/mol. The number of nitrogens with two attached hydrogens (primary N) is 1. The first kappa shape index (κ1) is 14.7. The van der Waals surface area contributed by atoms with Gasteiger partial charge in [0.15, 0.2) is 11.5 Å². The maximum absolute atomic E-state index is 12.1. The Hall–Kier alpha value is -1.75. The molecular formula is C15H22N2O3. The molecule has 1 aromatic carbocycles. The molecule has 0 saturated carbocycles. The lowest BCUT2D eigenvalue weighted by molar-refractivity contribution is -0.131. The van der Waals surface area contributed by atoms with Gasteiger partial charge >= 0.3 is 0 Å². The Morgan fingerprint density at radius 3 is 2.85 bits per heavy atom. The first-order valence-corrected chi connectivity index (χ1v) is 7.11. The van der Waals surface area contributed by atoms with E-state index in [1.807, 2.05) is 30.0 Å². The van der Waals surface area contributed by atoms with E-state index in [-0.39, 0.29) is 12.7 Å². The Labute approximate surface area is 119 Å². The van der Waals surface area contributed by atoms with Crippen LogP contribution >= 0.6 is 0 Å². The molecule has 1 amide bonds. The number of carbonyl (C=O) groups excluding carboxylic acids is 1. The van der Waals surface area contributed by atoms with Gasteiger partial charge in [0, 0.05) is 19.5 Å². The van der Waals surface area contributed by atoms with E-state index in [1.165, 1.54) is 0 Å². The number of benzene rings is 1. The summed E-state index contributed by atoms with van der Waals surface area (Å²) >= 11 is 0. The molecule has 5 nitrogen and oxygen atoms in total. The van der Waals surface area contributed by atoms with Crippen molar-refractivity contribution in [3.05, 3.63) is 23.8 Å². The number of ether oxygens (including phenoxy) is 2. The van der Waals surface area contributed by atoms with Gasteiger partial charge in [-0.15, -0.1) is 0 Å². The zero-order valence-electron chi connectivity index (χ0n) is 11.9. The van der Waals surface area contributed by atoms with Crippen LogP contribution in [0.3, 0.4) is 0 Å². The SMILES string of the molecule is CCN(Cc1ccc2c(c1)OCO2)C(=O)CCCCN. The fourth-order valence-corrected chi connectivity index (χ4v) is 2.21. The van der Waals surface area contributed by atoms with Crippen molar-refractivity contribution >= 4 is 5.91 Å². The second kappa shape index (κ2) is 7.14. The van der Waals surface area contributed by atoms with Crippen molar-refractivity contribution in [3.63, 3.8) is 0 Å². The molecule has 0 bridgehead atoms. The van der Waals surface area contributed by atoms with E-state index in [0.717, 1.165) is 29.9 Å². The van der Waals surface area contributed by atoms with Crippen LogP contribution in [0.2, 0.25) is 0 Å². The highest BCUT2D eigenvalue weighted by Crippen LogP contribution is 2.32. The third-order valence-corrected chi connectivity index (χ3v) is 3.39. The molecule has 20 heavy (non-hydrogen) atoms. The molecule has 0 aliphatic carbocycles. The molecule has 1 aromatic rings. The summed E-state index contributed by atoms with van der Waals surface area (Å²) in [6.45, 7) is 4.22. The van der Waals surface area contributed by atoms with Crippen LogP contribution in [0.25, 0.3) is 0 Å². The summed E-state index contributed by atoms with van der Waals surface area (Å²) in [6.07, 6.45) is 2.32. The molecule has 1 aliphatic rings. The molecule has 0 atom stereocenters. The van der Waals surface area contributed by atoms with Gasteiger partial charge in [-0.25, -0.2) is 0 Å². The summed E-state index contributed by atoms with van der Waals surface area (Å²) in [7, 11) is 0. The van der Waals surface area contributed by atoms with Gasteiger partial charge in [-0.05, 0) is 44.0 Å². The topological polar surface area (TPSA) is 64.8 Å². The number of carbonyl (C=O) groups is 1. The van der Waals surface area contributed by atoms with E-state index < -0.39 is 0 Å². The third kappa shape index (κ3) is 3.63. The van der Waals surface area contributed by atoms with Crippen LogP contribution in [0.15, 0.2) is 18.2 Å². The van der Waals surface area contributed by atoms with Gasteiger partial charge < -0.3 is 20.1 Å². The van der Waals surface area contributed by atoms with Gasteiger partial charge in [0.05, 0.1) is 0 Å². The highest BCUT2D eigenvalue weighted by Gasteiger charge is 2.16. The molecule has 0 saturated heterocycles. The maximum atomic E-state index is 12.1. The number of nitrogens with zero attached hydrogens (tertiary/aromatic N) is 1. The summed E-state index contributed by atoms with van der Waals surface area (Å²) < 4.78 is 10.6. The zero-order valence-corrected chi connectivity index (χ0v) is 11.9. The number of fused-ring (bicyclic) bond motifs is 1. The van der Waals surface area contributed by atoms with Crippen molar-refractivity contribution in [1.82, 2.24) is 4.90 Å². The summed E-state index contributed by atoms with van der Waals surface area (Å²) in [4.78, 5) is 14.0. The average Bonchev–Trinajstić information content (AvgIpc) is 2.92. The highest BCUT2D eigenvalue weighted by molar-refractivity contribution is 5.76. The van der Waals surface area contributed by atoms with Crippen LogP contribution in [-0.2, 0) is 11.3 Å². The van der Waals surface area contributed by atoms with Crippen LogP contribution in [0.1, 0.15) is 31.7 Å². The van der Waals surface area contributed by atoms with Gasteiger partial charge in [-0.2, -0.15) is 0 Å². The lowest BCUT2D eigenvalue weighted by Gasteiger charge is -2.21. The van der Waals surface area contributed by atoms with Crippen molar-refractivity contribution in [2.24, 2.45) is 5.73 Å². The largest absolute Gasteiger partial charge is 0.454 e. The minimum absolute atomic E-state index is 0.179. The number of hydrogen-bond acceptors (Lipinski definition) is 4. The lowest BCUT2D eigenvalue weighted by Crippen LogP contribution is -2.30. The van der Waals surface area contributed by atoms with Crippen molar-refractivity contribution in [2.75, 3.05) is 19.9 Å². The van der Waals surface area contributed by atoms with Gasteiger partial charge in [0.2, 0.25) is 12.7 Å². The number of rotatable bonds is 7. The van der Waals surface area contributed by atoms with E-state index in [2.05, 4.69) is 0 Å². The van der Waals surface area contributed by atoms with Crippen LogP contribution in [0.5, 0.6) is 11.5 Å².